The number of aromatic hydroxyl groups is 1. The Morgan fingerprint density at radius 2 is 1.79 bits per heavy atom. The molecule has 0 aliphatic rings. The van der Waals surface area contributed by atoms with Crippen LogP contribution in [-0.2, 0) is 13.1 Å². The van der Waals surface area contributed by atoms with Gasteiger partial charge in [0.2, 0.25) is 5.75 Å². The van der Waals surface area contributed by atoms with Crippen LogP contribution >= 0.6 is 24.0 Å². The SMILES string of the molecule is CCNC(=NCc1cc(OC)c(O)c(OC)c1)N(C)Cc1cccc(F)c1.I. The summed E-state index contributed by atoms with van der Waals surface area (Å²) in [7, 11) is 4.86. The van der Waals surface area contributed by atoms with Gasteiger partial charge in [0.1, 0.15) is 5.82 Å². The molecule has 0 aliphatic carbocycles. The van der Waals surface area contributed by atoms with Gasteiger partial charge in [-0.05, 0) is 42.3 Å². The Balaban J connectivity index is 0.00000392. The van der Waals surface area contributed by atoms with Crippen molar-refractivity contribution in [1.29, 1.82) is 0 Å². The summed E-state index contributed by atoms with van der Waals surface area (Å²) in [6.07, 6.45) is 0. The molecule has 8 heteroatoms. The summed E-state index contributed by atoms with van der Waals surface area (Å²) in [5, 5.41) is 13.2. The minimum absolute atomic E-state index is 0. The number of benzene rings is 2. The Labute approximate surface area is 182 Å². The summed E-state index contributed by atoms with van der Waals surface area (Å²) in [6.45, 7) is 3.57. The average Bonchev–Trinajstić information content (AvgIpc) is 2.65. The van der Waals surface area contributed by atoms with Crippen molar-refractivity contribution in [3.8, 4) is 17.2 Å². The highest BCUT2D eigenvalue weighted by Crippen LogP contribution is 2.37. The number of nitrogens with zero attached hydrogens (tertiary/aromatic N) is 2. The van der Waals surface area contributed by atoms with Gasteiger partial charge in [-0.15, -0.1) is 24.0 Å². The number of rotatable bonds is 7. The zero-order valence-corrected chi connectivity index (χ0v) is 18.9. The molecular formula is C20H27FIN3O3. The molecule has 6 nitrogen and oxygen atoms in total. The highest BCUT2D eigenvalue weighted by Gasteiger charge is 2.12. The number of halogens is 2. The van der Waals surface area contributed by atoms with Gasteiger partial charge < -0.3 is 24.8 Å². The van der Waals surface area contributed by atoms with Crippen molar-refractivity contribution >= 4 is 29.9 Å². The van der Waals surface area contributed by atoms with Gasteiger partial charge in [0.25, 0.3) is 0 Å². The lowest BCUT2D eigenvalue weighted by molar-refractivity contribution is 0.339. The van der Waals surface area contributed by atoms with E-state index in [1.807, 2.05) is 24.9 Å². The van der Waals surface area contributed by atoms with Crippen LogP contribution < -0.4 is 14.8 Å². The fourth-order valence-electron chi connectivity index (χ4n) is 2.66. The maximum absolute atomic E-state index is 13.4. The van der Waals surface area contributed by atoms with E-state index in [9.17, 15) is 9.50 Å². The monoisotopic (exact) mass is 503 g/mol. The van der Waals surface area contributed by atoms with Crippen molar-refractivity contribution in [2.24, 2.45) is 4.99 Å². The second-order valence-electron chi connectivity index (χ2n) is 6.01. The first-order valence-corrected chi connectivity index (χ1v) is 8.66. The summed E-state index contributed by atoms with van der Waals surface area (Å²) in [5.41, 5.74) is 1.69. The van der Waals surface area contributed by atoms with Gasteiger partial charge in [-0.3, -0.25) is 0 Å². The van der Waals surface area contributed by atoms with Crippen LogP contribution in [0.1, 0.15) is 18.1 Å². The summed E-state index contributed by atoms with van der Waals surface area (Å²) < 4.78 is 23.8. The second-order valence-corrected chi connectivity index (χ2v) is 6.01. The highest BCUT2D eigenvalue weighted by molar-refractivity contribution is 14.0. The van der Waals surface area contributed by atoms with E-state index in [1.54, 1.807) is 18.2 Å². The van der Waals surface area contributed by atoms with Gasteiger partial charge in [-0.25, -0.2) is 9.38 Å². The maximum Gasteiger partial charge on any atom is 0.200 e. The third kappa shape index (κ3) is 6.43. The molecule has 2 N–H and O–H groups in total. The minimum Gasteiger partial charge on any atom is -0.502 e. The van der Waals surface area contributed by atoms with E-state index < -0.39 is 0 Å². The molecule has 0 fully saturated rings. The van der Waals surface area contributed by atoms with E-state index in [2.05, 4.69) is 10.3 Å². The summed E-state index contributed by atoms with van der Waals surface area (Å²) >= 11 is 0. The van der Waals surface area contributed by atoms with Crippen LogP contribution in [0.5, 0.6) is 17.2 Å². The third-order valence-electron chi connectivity index (χ3n) is 3.96. The molecule has 2 aromatic rings. The molecule has 0 saturated carbocycles. The maximum atomic E-state index is 13.4. The zero-order valence-electron chi connectivity index (χ0n) is 16.5. The van der Waals surface area contributed by atoms with Gasteiger partial charge >= 0.3 is 0 Å². The molecule has 0 atom stereocenters. The first-order valence-electron chi connectivity index (χ1n) is 8.66. The number of nitrogens with one attached hydrogen (secondary N) is 1. The number of ether oxygens (including phenoxy) is 2. The van der Waals surface area contributed by atoms with E-state index >= 15 is 0 Å². The largest absolute Gasteiger partial charge is 0.502 e. The lowest BCUT2D eigenvalue weighted by atomic mass is 10.2. The molecule has 154 valence electrons. The third-order valence-corrected chi connectivity index (χ3v) is 3.96. The van der Waals surface area contributed by atoms with Gasteiger partial charge in [0, 0.05) is 20.1 Å². The number of phenols is 1. The molecule has 0 aromatic heterocycles. The fourth-order valence-corrected chi connectivity index (χ4v) is 2.66. The first kappa shape index (κ1) is 23.8. The summed E-state index contributed by atoms with van der Waals surface area (Å²) in [5.74, 6) is 1.05. The van der Waals surface area contributed by atoms with Crippen molar-refractivity contribution in [2.45, 2.75) is 20.0 Å². The van der Waals surface area contributed by atoms with E-state index in [0.29, 0.717) is 37.1 Å². The molecule has 0 amide bonds. The van der Waals surface area contributed by atoms with Crippen molar-refractivity contribution in [2.75, 3.05) is 27.8 Å². The predicted molar refractivity (Wildman–Crippen MR) is 119 cm³/mol. The molecule has 2 aromatic carbocycles. The van der Waals surface area contributed by atoms with Gasteiger partial charge in [0.05, 0.1) is 20.8 Å². The van der Waals surface area contributed by atoms with Crippen LogP contribution in [0.4, 0.5) is 4.39 Å². The lowest BCUT2D eigenvalue weighted by Crippen LogP contribution is -2.38. The number of hydrogen-bond donors (Lipinski definition) is 2. The van der Waals surface area contributed by atoms with E-state index in [1.165, 1.54) is 26.4 Å². The summed E-state index contributed by atoms with van der Waals surface area (Å²) in [4.78, 5) is 6.55. The molecule has 0 radical (unpaired) electrons. The minimum atomic E-state index is -0.258. The molecule has 2 rings (SSSR count). The normalized spacial score (nSPS) is 10.8. The number of phenolic OH excluding ortho intramolecular Hbond substituents is 1. The lowest BCUT2D eigenvalue weighted by Gasteiger charge is -2.22. The van der Waals surface area contributed by atoms with Crippen LogP contribution in [0, 0.1) is 5.82 Å². The number of hydrogen-bond acceptors (Lipinski definition) is 4. The quantitative estimate of drug-likeness (QED) is 0.342. The molecule has 28 heavy (non-hydrogen) atoms. The number of aliphatic imine (C=N–C) groups is 1. The molecular weight excluding hydrogens is 476 g/mol. The van der Waals surface area contributed by atoms with Gasteiger partial charge in [-0.1, -0.05) is 12.1 Å². The molecule has 0 bridgehead atoms. The molecule has 0 saturated heterocycles. The highest BCUT2D eigenvalue weighted by atomic mass is 127. The Morgan fingerprint density at radius 3 is 2.32 bits per heavy atom. The molecule has 0 heterocycles. The van der Waals surface area contributed by atoms with Crippen LogP contribution in [0.25, 0.3) is 0 Å². The van der Waals surface area contributed by atoms with Crippen molar-refractivity contribution in [3.05, 3.63) is 53.3 Å². The smallest absolute Gasteiger partial charge is 0.200 e. The van der Waals surface area contributed by atoms with Crippen LogP contribution in [0.15, 0.2) is 41.4 Å². The Kier molecular flexibility index (Phi) is 9.84. The van der Waals surface area contributed by atoms with Crippen LogP contribution in [0.3, 0.4) is 0 Å². The molecule has 0 unspecified atom stereocenters. The van der Waals surface area contributed by atoms with Crippen molar-refractivity contribution < 1.29 is 19.0 Å². The van der Waals surface area contributed by atoms with E-state index in [-0.39, 0.29) is 35.5 Å². The van der Waals surface area contributed by atoms with Crippen LogP contribution in [0.2, 0.25) is 0 Å². The van der Waals surface area contributed by atoms with Crippen molar-refractivity contribution in [3.63, 3.8) is 0 Å². The average molecular weight is 503 g/mol. The Morgan fingerprint density at radius 1 is 1.14 bits per heavy atom. The van der Waals surface area contributed by atoms with Gasteiger partial charge in [-0.2, -0.15) is 0 Å². The second kappa shape index (κ2) is 11.6. The van der Waals surface area contributed by atoms with E-state index in [0.717, 1.165) is 11.1 Å². The van der Waals surface area contributed by atoms with Crippen molar-refractivity contribution in [1.82, 2.24) is 10.2 Å². The Bertz CT molecular complexity index is 777. The summed E-state index contributed by atoms with van der Waals surface area (Å²) in [6, 6.07) is 9.94. The standard InChI is InChI=1S/C20H26FN3O3.HI/c1-5-22-20(24(2)13-14-7-6-8-16(21)9-14)23-12-15-10-17(26-3)19(25)18(11-15)27-4;/h6-11,25H,5,12-13H2,1-4H3,(H,22,23);1H. The molecule has 0 aliphatic heterocycles. The Hall–Kier alpha value is -2.23. The van der Waals surface area contributed by atoms with E-state index in [4.69, 9.17) is 9.47 Å². The molecule has 0 spiro atoms. The fraction of sp³-hybridized carbons (Fsp3) is 0.350. The zero-order chi connectivity index (χ0) is 19.8. The van der Waals surface area contributed by atoms with Gasteiger partial charge in [0.15, 0.2) is 17.5 Å². The number of guanidine groups is 1. The topological polar surface area (TPSA) is 66.3 Å². The van der Waals surface area contributed by atoms with Crippen LogP contribution in [-0.4, -0.2) is 43.8 Å². The first-order chi connectivity index (χ1) is 13.0. The number of methoxy groups -OCH3 is 2. The predicted octanol–water partition coefficient (Wildman–Crippen LogP) is 3.76.